The molecule has 0 saturated carbocycles. The van der Waals surface area contributed by atoms with E-state index in [2.05, 4.69) is 10.2 Å². The van der Waals surface area contributed by atoms with Gasteiger partial charge in [-0.2, -0.15) is 5.10 Å². The maximum absolute atomic E-state index is 11.1. The number of hydrogen-bond donors (Lipinski definition) is 1. The Morgan fingerprint density at radius 1 is 1.38 bits per heavy atom. The van der Waals surface area contributed by atoms with Crippen LogP contribution in [0.15, 0.2) is 35.3 Å². The van der Waals surface area contributed by atoms with Crippen LogP contribution in [0.5, 0.6) is 0 Å². The summed E-state index contributed by atoms with van der Waals surface area (Å²) < 4.78 is 18.0. The first-order valence-corrected chi connectivity index (χ1v) is 5.24. The number of carbonyl (C=O) groups excluding carboxylic acids is 1. The molecule has 2 rings (SSSR count). The maximum Gasteiger partial charge on any atom is 0.272 e. The van der Waals surface area contributed by atoms with E-state index in [4.69, 9.17) is 13.6 Å². The molecule has 0 aliphatic rings. The monoisotopic (exact) mass is 239 g/mol. The van der Waals surface area contributed by atoms with Gasteiger partial charge in [-0.15, -0.1) is 0 Å². The van der Waals surface area contributed by atoms with Crippen molar-refractivity contribution in [3.8, 4) is 0 Å². The number of hydrogen-bond acceptors (Lipinski definition) is 5. The summed E-state index contributed by atoms with van der Waals surface area (Å²) in [6.45, 7) is 0. The molecule has 0 aliphatic carbocycles. The number of benzene rings is 1. The molecule has 1 N–H and O–H groups in total. The Kier molecular flexibility index (Phi) is 4.49. The van der Waals surface area contributed by atoms with Crippen molar-refractivity contribution in [2.24, 2.45) is 0 Å². The summed E-state index contributed by atoms with van der Waals surface area (Å²) in [7, 11) is 0. The number of fused-ring (bicyclic) bond motifs is 1. The van der Waals surface area contributed by atoms with Crippen LogP contribution in [0.2, 0.25) is 0 Å². The number of nitrogens with zero attached hydrogens (tertiary/aromatic N) is 1. The zero-order valence-corrected chi connectivity index (χ0v) is 8.77. The summed E-state index contributed by atoms with van der Waals surface area (Å²) in [6, 6.07) is 7.34. The van der Waals surface area contributed by atoms with Gasteiger partial charge in [0, 0.05) is 21.9 Å². The second-order valence-electron chi connectivity index (χ2n) is 2.64. The molecule has 1 aromatic carbocycles. The first-order chi connectivity index (χ1) is 7.65. The Bertz CT molecular complexity index is 561. The number of carbonyl (C=O) groups is 1. The van der Waals surface area contributed by atoms with E-state index in [1.54, 1.807) is 12.3 Å². The molecule has 0 amide bonds. The average Bonchev–Trinajstić information content (AvgIpc) is 2.30. The molecule has 1 atom stereocenters. The highest BCUT2D eigenvalue weighted by Crippen LogP contribution is 2.04. The molecule has 0 bridgehead atoms. The molecule has 6 nitrogen and oxygen atoms in total. The van der Waals surface area contributed by atoms with Crippen LogP contribution in [-0.2, 0) is 15.9 Å². The Morgan fingerprint density at radius 2 is 2.00 bits per heavy atom. The van der Waals surface area contributed by atoms with E-state index in [1.165, 1.54) is 0 Å². The van der Waals surface area contributed by atoms with Crippen LogP contribution in [0, 0.1) is 0 Å². The lowest BCUT2D eigenvalue weighted by molar-refractivity contribution is 0.530. The summed E-state index contributed by atoms with van der Waals surface area (Å²) in [5.41, 5.74) is -0.303. The molecule has 0 saturated heterocycles. The zero-order valence-electron chi connectivity index (χ0n) is 7.95. The molecule has 0 fully saturated rings. The molecular weight excluding hydrogens is 232 g/mol. The molecule has 2 aromatic rings. The Hall–Kier alpha value is -1.86. The fraction of sp³-hybridized carbons (Fsp3) is 0. The van der Waals surface area contributed by atoms with Crippen molar-refractivity contribution in [3.63, 3.8) is 0 Å². The Morgan fingerprint density at radius 3 is 2.56 bits per heavy atom. The molecule has 1 heterocycles. The molecular formula is C9H7N2O4S-. The summed E-state index contributed by atoms with van der Waals surface area (Å²) in [6.07, 6.45) is 1.64. The number of nitrogens with one attached hydrogen (secondary N) is 1. The first-order valence-electron chi connectivity index (χ1n) is 4.11. The van der Waals surface area contributed by atoms with E-state index in [9.17, 15) is 4.79 Å². The number of aromatic nitrogens is 2. The number of rotatable bonds is 1. The standard InChI is InChI=1S/C8H6N2O.CH2O3S/c11-8-7-4-2-1-3-6(7)5-9-10-8;2-1-5(3)4/h1-5H,(H,10,11);1H,(H,3,4)/p-1. The van der Waals surface area contributed by atoms with Gasteiger partial charge in [-0.05, 0) is 6.07 Å². The highest BCUT2D eigenvalue weighted by molar-refractivity contribution is 7.93. The third-order valence-corrected chi connectivity index (χ3v) is 1.81. The quantitative estimate of drug-likeness (QED) is 0.556. The van der Waals surface area contributed by atoms with Crippen molar-refractivity contribution >= 4 is 27.5 Å². The van der Waals surface area contributed by atoms with Gasteiger partial charge >= 0.3 is 0 Å². The van der Waals surface area contributed by atoms with Crippen LogP contribution in [0.25, 0.3) is 10.8 Å². The van der Waals surface area contributed by atoms with Gasteiger partial charge in [0.2, 0.25) is 0 Å². The van der Waals surface area contributed by atoms with Crippen molar-refractivity contribution in [2.75, 3.05) is 0 Å². The van der Waals surface area contributed by atoms with Crippen LogP contribution in [-0.4, -0.2) is 24.6 Å². The minimum Gasteiger partial charge on any atom is -0.766 e. The lowest BCUT2D eigenvalue weighted by Gasteiger charge is -1.91. The van der Waals surface area contributed by atoms with E-state index >= 15 is 0 Å². The number of aromatic amines is 1. The van der Waals surface area contributed by atoms with Crippen molar-refractivity contribution < 1.29 is 13.6 Å². The van der Waals surface area contributed by atoms with Gasteiger partial charge in [0.25, 0.3) is 5.56 Å². The first kappa shape index (κ1) is 12.2. The van der Waals surface area contributed by atoms with Crippen molar-refractivity contribution in [1.82, 2.24) is 10.2 Å². The van der Waals surface area contributed by atoms with Crippen LogP contribution in [0.4, 0.5) is 0 Å². The van der Waals surface area contributed by atoms with Gasteiger partial charge in [-0.1, -0.05) is 18.2 Å². The van der Waals surface area contributed by atoms with Crippen molar-refractivity contribution in [2.45, 2.75) is 0 Å². The lowest BCUT2D eigenvalue weighted by Crippen LogP contribution is -2.06. The number of H-pyrrole nitrogens is 1. The predicted molar refractivity (Wildman–Crippen MR) is 58.0 cm³/mol. The maximum atomic E-state index is 11.1. The minimum atomic E-state index is -2.50. The fourth-order valence-corrected chi connectivity index (χ4v) is 1.04. The zero-order chi connectivity index (χ0) is 12.0. The molecule has 0 radical (unpaired) electrons. The molecule has 7 heteroatoms. The van der Waals surface area contributed by atoms with E-state index in [0.717, 1.165) is 5.39 Å². The van der Waals surface area contributed by atoms with E-state index in [0.29, 0.717) is 5.39 Å². The summed E-state index contributed by atoms with van der Waals surface area (Å²) in [4.78, 5) is 20.0. The Labute approximate surface area is 92.6 Å². The normalized spacial score (nSPS) is 11.3. The average molecular weight is 239 g/mol. The molecule has 84 valence electrons. The smallest absolute Gasteiger partial charge is 0.272 e. The fourth-order valence-electron chi connectivity index (χ4n) is 1.04. The summed E-state index contributed by atoms with van der Waals surface area (Å²) in [5, 5.41) is 7.60. The van der Waals surface area contributed by atoms with E-state index < -0.39 is 11.1 Å². The van der Waals surface area contributed by atoms with Gasteiger partial charge in [-0.25, -0.2) is 5.10 Å². The summed E-state index contributed by atoms with van der Waals surface area (Å²) >= 11 is -2.50. The highest BCUT2D eigenvalue weighted by atomic mass is 32.2. The van der Waals surface area contributed by atoms with Gasteiger partial charge in [-0.3, -0.25) is 13.8 Å². The largest absolute Gasteiger partial charge is 0.766 e. The van der Waals surface area contributed by atoms with Gasteiger partial charge < -0.3 is 4.55 Å². The SMILES string of the molecule is O=CS(=O)[O-].O=c1[nH]ncc2ccccc12. The van der Waals surface area contributed by atoms with Crippen LogP contribution in [0.3, 0.4) is 0 Å². The molecule has 0 spiro atoms. The van der Waals surface area contributed by atoms with Gasteiger partial charge in [0.1, 0.15) is 0 Å². The molecule has 1 aromatic heterocycles. The third kappa shape index (κ3) is 3.37. The van der Waals surface area contributed by atoms with Crippen LogP contribution < -0.4 is 5.56 Å². The van der Waals surface area contributed by atoms with Crippen molar-refractivity contribution in [3.05, 3.63) is 40.8 Å². The summed E-state index contributed by atoms with van der Waals surface area (Å²) in [5.74, 6) is 0. The highest BCUT2D eigenvalue weighted by Gasteiger charge is 1.93. The molecule has 1 unspecified atom stereocenters. The molecule has 0 aliphatic heterocycles. The second-order valence-corrected chi connectivity index (χ2v) is 3.36. The molecule has 16 heavy (non-hydrogen) atoms. The van der Waals surface area contributed by atoms with Crippen LogP contribution in [0.1, 0.15) is 0 Å². The lowest BCUT2D eigenvalue weighted by atomic mass is 10.2. The van der Waals surface area contributed by atoms with Gasteiger partial charge in [0.15, 0.2) is 5.62 Å². The minimum absolute atomic E-state index is 0.136. The van der Waals surface area contributed by atoms with Crippen LogP contribution >= 0.6 is 0 Å². The van der Waals surface area contributed by atoms with Crippen molar-refractivity contribution in [1.29, 1.82) is 0 Å². The van der Waals surface area contributed by atoms with Gasteiger partial charge in [0.05, 0.1) is 6.20 Å². The predicted octanol–water partition coefficient (Wildman–Crippen LogP) is -0.0212. The Balaban J connectivity index is 0.000000221. The van der Waals surface area contributed by atoms with E-state index in [1.807, 2.05) is 18.2 Å². The topological polar surface area (TPSA) is 103 Å². The van der Waals surface area contributed by atoms with E-state index in [-0.39, 0.29) is 11.2 Å². The third-order valence-electron chi connectivity index (χ3n) is 1.65. The second kappa shape index (κ2) is 5.89.